The molecule has 4 aromatic carbocycles. The number of nitrogens with one attached hydrogen (secondary N) is 1. The van der Waals surface area contributed by atoms with E-state index in [9.17, 15) is 9.36 Å². The molecule has 1 heterocycles. The molecule has 7 nitrogen and oxygen atoms in total. The second kappa shape index (κ2) is 12.2. The number of thiazole rings is 1. The van der Waals surface area contributed by atoms with Crippen LogP contribution < -0.4 is 9.84 Å². The number of aromatic nitrogens is 1. The number of hydrogen-bond acceptors (Lipinski definition) is 5. The van der Waals surface area contributed by atoms with Gasteiger partial charge in [-0.1, -0.05) is 86.0 Å². The smallest absolute Gasteiger partial charge is 0.404 e. The molecule has 0 radical (unpaired) electrons. The van der Waals surface area contributed by atoms with E-state index in [2.05, 4.69) is 40.2 Å². The van der Waals surface area contributed by atoms with E-state index >= 15 is 0 Å². The molecule has 1 aliphatic carbocycles. The SMILES string of the molecule is O=C(Nc1ccc(C2CCCCC2)cc1)c1nc(-c2cccc3ccccc23)sc1Cc1ccc(OP(=O)(O)O)cc1. The van der Waals surface area contributed by atoms with Gasteiger partial charge in [0, 0.05) is 22.5 Å². The summed E-state index contributed by atoms with van der Waals surface area (Å²) in [5.41, 5.74) is 4.22. The fourth-order valence-corrected chi connectivity index (χ4v) is 7.16. The zero-order valence-electron chi connectivity index (χ0n) is 22.9. The van der Waals surface area contributed by atoms with E-state index in [1.165, 1.54) is 61.1 Å². The van der Waals surface area contributed by atoms with Gasteiger partial charge >= 0.3 is 7.82 Å². The van der Waals surface area contributed by atoms with E-state index in [1.54, 1.807) is 12.1 Å². The quantitative estimate of drug-likeness (QED) is 0.155. The minimum absolute atomic E-state index is 0.0717. The average molecular weight is 599 g/mol. The Labute approximate surface area is 248 Å². The zero-order chi connectivity index (χ0) is 29.1. The number of phosphoric acid groups is 1. The molecule has 1 saturated carbocycles. The van der Waals surface area contributed by atoms with E-state index < -0.39 is 7.82 Å². The van der Waals surface area contributed by atoms with Gasteiger partial charge < -0.3 is 9.84 Å². The molecule has 1 amide bonds. The number of carbonyl (C=O) groups excluding carboxylic acids is 1. The molecule has 0 aliphatic heterocycles. The summed E-state index contributed by atoms with van der Waals surface area (Å²) >= 11 is 1.47. The van der Waals surface area contributed by atoms with Crippen LogP contribution in [0.2, 0.25) is 0 Å². The molecule has 0 bridgehead atoms. The molecular weight excluding hydrogens is 567 g/mol. The predicted molar refractivity (Wildman–Crippen MR) is 167 cm³/mol. The van der Waals surface area contributed by atoms with Crippen LogP contribution in [0.4, 0.5) is 5.69 Å². The Hall–Kier alpha value is -3.81. The second-order valence-electron chi connectivity index (χ2n) is 10.6. The van der Waals surface area contributed by atoms with Crippen molar-refractivity contribution in [1.82, 2.24) is 4.98 Å². The van der Waals surface area contributed by atoms with Gasteiger partial charge in [-0.05, 0) is 64.9 Å². The summed E-state index contributed by atoms with van der Waals surface area (Å²) in [5, 5.41) is 5.95. The topological polar surface area (TPSA) is 109 Å². The molecule has 1 aliphatic rings. The Morgan fingerprint density at radius 3 is 2.36 bits per heavy atom. The fraction of sp³-hybridized carbons (Fsp3) is 0.212. The summed E-state index contributed by atoms with van der Waals surface area (Å²) in [6.07, 6.45) is 6.71. The summed E-state index contributed by atoms with van der Waals surface area (Å²) < 4.78 is 15.9. The molecule has 42 heavy (non-hydrogen) atoms. The molecule has 0 unspecified atom stereocenters. The Kier molecular flexibility index (Phi) is 8.22. The first-order chi connectivity index (χ1) is 20.3. The number of carbonyl (C=O) groups is 1. The molecule has 214 valence electrons. The van der Waals surface area contributed by atoms with E-state index in [0.29, 0.717) is 18.0 Å². The van der Waals surface area contributed by atoms with Crippen molar-refractivity contribution in [2.75, 3.05) is 5.32 Å². The van der Waals surface area contributed by atoms with Gasteiger partial charge in [0.15, 0.2) is 0 Å². The standard InChI is InChI=1S/C33H31N2O5PS/c36-32(34-26-17-15-24(16-18-26)23-7-2-1-3-8-23)31-30(21-22-13-19-27(20-14-22)40-41(37,38)39)42-33(35-31)29-12-6-10-25-9-4-5-11-28(25)29/h4-6,9-20,23H,1-3,7-8,21H2,(H,34,36)(H2,37,38,39). The highest BCUT2D eigenvalue weighted by atomic mass is 32.1. The average Bonchev–Trinajstić information content (AvgIpc) is 3.41. The van der Waals surface area contributed by atoms with Crippen LogP contribution in [0, 0.1) is 0 Å². The van der Waals surface area contributed by atoms with Gasteiger partial charge in [-0.25, -0.2) is 9.55 Å². The van der Waals surface area contributed by atoms with Crippen molar-refractivity contribution in [2.24, 2.45) is 0 Å². The maximum Gasteiger partial charge on any atom is 0.524 e. The molecule has 1 aromatic heterocycles. The molecule has 5 aromatic rings. The Morgan fingerprint density at radius 1 is 0.905 bits per heavy atom. The largest absolute Gasteiger partial charge is 0.524 e. The number of anilines is 1. The molecule has 1 fully saturated rings. The van der Waals surface area contributed by atoms with E-state index in [-0.39, 0.29) is 11.7 Å². The van der Waals surface area contributed by atoms with Crippen LogP contribution in [0.5, 0.6) is 5.75 Å². The fourth-order valence-electron chi connectivity index (χ4n) is 5.63. The highest BCUT2D eigenvalue weighted by Crippen LogP contribution is 2.38. The Morgan fingerprint density at radius 2 is 1.62 bits per heavy atom. The number of benzene rings is 4. The molecule has 0 saturated heterocycles. The van der Waals surface area contributed by atoms with Gasteiger partial charge in [0.25, 0.3) is 5.91 Å². The Bertz CT molecular complexity index is 1750. The van der Waals surface area contributed by atoms with Crippen molar-refractivity contribution in [3.8, 4) is 16.3 Å². The maximum atomic E-state index is 13.7. The first kappa shape index (κ1) is 28.3. The van der Waals surface area contributed by atoms with Gasteiger partial charge in [-0.15, -0.1) is 11.3 Å². The summed E-state index contributed by atoms with van der Waals surface area (Å²) in [7, 11) is -4.65. The van der Waals surface area contributed by atoms with Crippen molar-refractivity contribution in [1.29, 1.82) is 0 Å². The van der Waals surface area contributed by atoms with Crippen LogP contribution in [0.15, 0.2) is 91.0 Å². The van der Waals surface area contributed by atoms with Crippen LogP contribution in [-0.4, -0.2) is 20.7 Å². The summed E-state index contributed by atoms with van der Waals surface area (Å²) in [4.78, 5) is 37.5. The number of hydrogen-bond donors (Lipinski definition) is 3. The number of amides is 1. The van der Waals surface area contributed by atoms with Crippen molar-refractivity contribution < 1.29 is 23.7 Å². The van der Waals surface area contributed by atoms with E-state index in [4.69, 9.17) is 14.8 Å². The van der Waals surface area contributed by atoms with Crippen LogP contribution in [-0.2, 0) is 11.0 Å². The lowest BCUT2D eigenvalue weighted by Crippen LogP contribution is -2.14. The minimum atomic E-state index is -4.65. The first-order valence-corrected chi connectivity index (χ1v) is 16.4. The maximum absolute atomic E-state index is 13.7. The number of rotatable bonds is 8. The van der Waals surface area contributed by atoms with Crippen molar-refractivity contribution in [2.45, 2.75) is 44.4 Å². The van der Waals surface area contributed by atoms with Gasteiger partial charge in [0.05, 0.1) is 0 Å². The highest BCUT2D eigenvalue weighted by Gasteiger charge is 2.22. The summed E-state index contributed by atoms with van der Waals surface area (Å²) in [6.45, 7) is 0. The van der Waals surface area contributed by atoms with Gasteiger partial charge in [-0.2, -0.15) is 0 Å². The molecule has 0 spiro atoms. The number of nitrogens with zero attached hydrogens (tertiary/aromatic N) is 1. The lowest BCUT2D eigenvalue weighted by atomic mass is 9.84. The van der Waals surface area contributed by atoms with Crippen molar-refractivity contribution in [3.05, 3.63) is 113 Å². The molecule has 0 atom stereocenters. The van der Waals surface area contributed by atoms with Crippen LogP contribution in [0.3, 0.4) is 0 Å². The lowest BCUT2D eigenvalue weighted by molar-refractivity contribution is 0.102. The third kappa shape index (κ3) is 6.63. The van der Waals surface area contributed by atoms with E-state index in [1.807, 2.05) is 36.4 Å². The zero-order valence-corrected chi connectivity index (χ0v) is 24.6. The third-order valence-corrected chi connectivity index (χ3v) is 9.23. The predicted octanol–water partition coefficient (Wildman–Crippen LogP) is 8.33. The highest BCUT2D eigenvalue weighted by molar-refractivity contribution is 7.46. The Balaban J connectivity index is 1.30. The summed E-state index contributed by atoms with van der Waals surface area (Å²) in [5.74, 6) is 0.387. The molecule has 9 heteroatoms. The van der Waals surface area contributed by atoms with Gasteiger partial charge in [0.2, 0.25) is 0 Å². The normalized spacial score (nSPS) is 14.1. The van der Waals surface area contributed by atoms with Crippen LogP contribution >= 0.6 is 19.2 Å². The number of fused-ring (bicyclic) bond motifs is 1. The molecule has 6 rings (SSSR count). The number of phosphoric ester groups is 1. The van der Waals surface area contributed by atoms with Crippen LogP contribution in [0.25, 0.3) is 21.3 Å². The van der Waals surface area contributed by atoms with Crippen LogP contribution in [0.1, 0.15) is 64.5 Å². The monoisotopic (exact) mass is 598 g/mol. The molecule has 3 N–H and O–H groups in total. The van der Waals surface area contributed by atoms with Crippen molar-refractivity contribution in [3.63, 3.8) is 0 Å². The van der Waals surface area contributed by atoms with Gasteiger partial charge in [-0.3, -0.25) is 14.6 Å². The second-order valence-corrected chi connectivity index (χ2v) is 12.9. The third-order valence-electron chi connectivity index (χ3n) is 7.69. The first-order valence-electron chi connectivity index (χ1n) is 14.1. The van der Waals surface area contributed by atoms with E-state index in [0.717, 1.165) is 37.5 Å². The van der Waals surface area contributed by atoms with Crippen molar-refractivity contribution >= 4 is 41.5 Å². The minimum Gasteiger partial charge on any atom is -0.404 e. The van der Waals surface area contributed by atoms with Gasteiger partial charge in [0.1, 0.15) is 16.5 Å². The lowest BCUT2D eigenvalue weighted by Gasteiger charge is -2.22. The summed E-state index contributed by atoms with van der Waals surface area (Å²) in [6, 6.07) is 28.8. The molecular formula is C33H31N2O5PS.